The number of aryl methyl sites for hydroxylation is 1. The van der Waals surface area contributed by atoms with Crippen LogP contribution in [-0.4, -0.2) is 29.0 Å². The fourth-order valence-electron chi connectivity index (χ4n) is 4.69. The molecule has 5 nitrogen and oxygen atoms in total. The first kappa shape index (κ1) is 19.0. The highest BCUT2D eigenvalue weighted by molar-refractivity contribution is 5.97. The van der Waals surface area contributed by atoms with Crippen LogP contribution in [0.3, 0.4) is 0 Å². The molecule has 1 aromatic heterocycles. The highest BCUT2D eigenvalue weighted by Crippen LogP contribution is 2.32. The van der Waals surface area contributed by atoms with Gasteiger partial charge in [0, 0.05) is 23.5 Å². The lowest BCUT2D eigenvalue weighted by atomic mass is 9.95. The summed E-state index contributed by atoms with van der Waals surface area (Å²) in [6.45, 7) is 4.16. The summed E-state index contributed by atoms with van der Waals surface area (Å²) in [5.74, 6) is -0.217. The number of rotatable bonds is 5. The van der Waals surface area contributed by atoms with E-state index < -0.39 is 0 Å². The molecule has 2 saturated carbocycles. The molecule has 0 radical (unpaired) electrons. The average Bonchev–Trinajstić information content (AvgIpc) is 2.95. The third-order valence-electron chi connectivity index (χ3n) is 6.05. The van der Waals surface area contributed by atoms with Gasteiger partial charge >= 0.3 is 0 Å². The second kappa shape index (κ2) is 8.74. The SMILES string of the molecule is Cc1cc(C(=O)NCC(=O)NC2CCCCC2)c(C)n1C1CCCCC1. The zero-order chi connectivity index (χ0) is 18.5. The smallest absolute Gasteiger partial charge is 0.253 e. The zero-order valence-electron chi connectivity index (χ0n) is 16.3. The molecular weight excluding hydrogens is 326 g/mol. The van der Waals surface area contributed by atoms with Crippen molar-refractivity contribution in [2.75, 3.05) is 6.54 Å². The van der Waals surface area contributed by atoms with E-state index in [0.29, 0.717) is 11.6 Å². The monoisotopic (exact) mass is 359 g/mol. The minimum absolute atomic E-state index is 0.0580. The van der Waals surface area contributed by atoms with Crippen molar-refractivity contribution in [3.63, 3.8) is 0 Å². The van der Waals surface area contributed by atoms with E-state index in [9.17, 15) is 9.59 Å². The van der Waals surface area contributed by atoms with Gasteiger partial charge < -0.3 is 15.2 Å². The number of hydrogen-bond donors (Lipinski definition) is 2. The van der Waals surface area contributed by atoms with Gasteiger partial charge in [-0.05, 0) is 45.6 Å². The molecular formula is C21H33N3O2. The molecule has 0 atom stereocenters. The van der Waals surface area contributed by atoms with Crippen molar-refractivity contribution in [3.05, 3.63) is 23.0 Å². The van der Waals surface area contributed by atoms with Crippen LogP contribution in [0.2, 0.25) is 0 Å². The third-order valence-corrected chi connectivity index (χ3v) is 6.05. The van der Waals surface area contributed by atoms with Crippen molar-refractivity contribution in [2.24, 2.45) is 0 Å². The lowest BCUT2D eigenvalue weighted by molar-refractivity contribution is -0.121. The minimum Gasteiger partial charge on any atom is -0.352 e. The molecule has 1 aromatic rings. The van der Waals surface area contributed by atoms with Gasteiger partial charge in [0.2, 0.25) is 5.91 Å². The van der Waals surface area contributed by atoms with Crippen LogP contribution in [0.4, 0.5) is 0 Å². The summed E-state index contributed by atoms with van der Waals surface area (Å²) in [6.07, 6.45) is 12.0. The van der Waals surface area contributed by atoms with E-state index in [-0.39, 0.29) is 24.4 Å². The van der Waals surface area contributed by atoms with Gasteiger partial charge in [0.1, 0.15) is 0 Å². The van der Waals surface area contributed by atoms with Crippen molar-refractivity contribution in [2.45, 2.75) is 90.1 Å². The highest BCUT2D eigenvalue weighted by Gasteiger charge is 2.23. The molecule has 2 fully saturated rings. The van der Waals surface area contributed by atoms with E-state index in [1.165, 1.54) is 51.4 Å². The van der Waals surface area contributed by atoms with Crippen LogP contribution in [0.25, 0.3) is 0 Å². The number of carbonyl (C=O) groups excluding carboxylic acids is 2. The van der Waals surface area contributed by atoms with Gasteiger partial charge in [-0.25, -0.2) is 0 Å². The molecule has 2 N–H and O–H groups in total. The Kier molecular flexibility index (Phi) is 6.38. The van der Waals surface area contributed by atoms with Gasteiger partial charge in [-0.3, -0.25) is 9.59 Å². The minimum atomic E-state index is -0.140. The van der Waals surface area contributed by atoms with E-state index >= 15 is 0 Å². The molecule has 2 aliphatic rings. The van der Waals surface area contributed by atoms with Crippen LogP contribution in [-0.2, 0) is 4.79 Å². The number of nitrogens with zero attached hydrogens (tertiary/aromatic N) is 1. The van der Waals surface area contributed by atoms with E-state index in [2.05, 4.69) is 22.1 Å². The Bertz CT molecular complexity index is 638. The molecule has 2 aliphatic carbocycles. The van der Waals surface area contributed by atoms with Crippen molar-refractivity contribution in [3.8, 4) is 0 Å². The summed E-state index contributed by atoms with van der Waals surface area (Å²) in [4.78, 5) is 24.7. The summed E-state index contributed by atoms with van der Waals surface area (Å²) in [5.41, 5.74) is 2.88. The molecule has 1 heterocycles. The molecule has 0 bridgehead atoms. The first-order chi connectivity index (χ1) is 12.6. The first-order valence-electron chi connectivity index (χ1n) is 10.3. The van der Waals surface area contributed by atoms with Gasteiger partial charge in [0.15, 0.2) is 0 Å². The molecule has 3 rings (SSSR count). The van der Waals surface area contributed by atoms with Crippen molar-refractivity contribution in [1.29, 1.82) is 0 Å². The fourth-order valence-corrected chi connectivity index (χ4v) is 4.69. The van der Waals surface area contributed by atoms with Gasteiger partial charge in [0.05, 0.1) is 12.1 Å². The molecule has 0 spiro atoms. The van der Waals surface area contributed by atoms with Crippen LogP contribution >= 0.6 is 0 Å². The second-order valence-electron chi connectivity index (χ2n) is 8.03. The quantitative estimate of drug-likeness (QED) is 0.840. The molecule has 5 heteroatoms. The average molecular weight is 360 g/mol. The molecule has 144 valence electrons. The maximum Gasteiger partial charge on any atom is 0.253 e. The number of carbonyl (C=O) groups is 2. The topological polar surface area (TPSA) is 63.1 Å². The van der Waals surface area contributed by atoms with E-state index in [1.54, 1.807) is 0 Å². The molecule has 0 aromatic carbocycles. The van der Waals surface area contributed by atoms with Crippen LogP contribution in [0.1, 0.15) is 92.0 Å². The first-order valence-corrected chi connectivity index (χ1v) is 10.3. The normalized spacial score (nSPS) is 19.3. The van der Waals surface area contributed by atoms with E-state index in [0.717, 1.165) is 24.2 Å². The summed E-state index contributed by atoms with van der Waals surface area (Å²) in [7, 11) is 0. The van der Waals surface area contributed by atoms with Gasteiger partial charge in [0.25, 0.3) is 5.91 Å². The number of aromatic nitrogens is 1. The Morgan fingerprint density at radius 3 is 2.27 bits per heavy atom. The van der Waals surface area contributed by atoms with Crippen LogP contribution < -0.4 is 10.6 Å². The third kappa shape index (κ3) is 4.49. The van der Waals surface area contributed by atoms with Crippen molar-refractivity contribution in [1.82, 2.24) is 15.2 Å². The molecule has 0 saturated heterocycles. The Hall–Kier alpha value is -1.78. The van der Waals surface area contributed by atoms with Crippen LogP contribution in [0.5, 0.6) is 0 Å². The number of amides is 2. The van der Waals surface area contributed by atoms with Crippen molar-refractivity contribution >= 4 is 11.8 Å². The predicted molar refractivity (Wildman–Crippen MR) is 103 cm³/mol. The maximum absolute atomic E-state index is 12.6. The Morgan fingerprint density at radius 1 is 1.00 bits per heavy atom. The molecule has 0 aliphatic heterocycles. The molecule has 2 amide bonds. The van der Waals surface area contributed by atoms with Crippen molar-refractivity contribution < 1.29 is 9.59 Å². The summed E-state index contributed by atoms with van der Waals surface area (Å²) < 4.78 is 2.33. The summed E-state index contributed by atoms with van der Waals surface area (Å²) >= 11 is 0. The largest absolute Gasteiger partial charge is 0.352 e. The fraction of sp³-hybridized carbons (Fsp3) is 0.714. The van der Waals surface area contributed by atoms with Crippen LogP contribution in [0.15, 0.2) is 6.07 Å². The number of hydrogen-bond acceptors (Lipinski definition) is 2. The van der Waals surface area contributed by atoms with Gasteiger partial charge in [-0.1, -0.05) is 38.5 Å². The van der Waals surface area contributed by atoms with E-state index in [1.807, 2.05) is 13.0 Å². The van der Waals surface area contributed by atoms with Gasteiger partial charge in [-0.15, -0.1) is 0 Å². The maximum atomic E-state index is 12.6. The summed E-state index contributed by atoms with van der Waals surface area (Å²) in [6, 6.07) is 2.77. The Labute approximate surface area is 156 Å². The summed E-state index contributed by atoms with van der Waals surface area (Å²) in [5, 5.41) is 5.86. The predicted octanol–water partition coefficient (Wildman–Crippen LogP) is 3.79. The van der Waals surface area contributed by atoms with E-state index in [4.69, 9.17) is 0 Å². The Morgan fingerprint density at radius 2 is 1.62 bits per heavy atom. The number of nitrogens with one attached hydrogen (secondary N) is 2. The zero-order valence-corrected chi connectivity index (χ0v) is 16.3. The highest BCUT2D eigenvalue weighted by atomic mass is 16.2. The van der Waals surface area contributed by atoms with Gasteiger partial charge in [-0.2, -0.15) is 0 Å². The molecule has 0 unspecified atom stereocenters. The molecule has 26 heavy (non-hydrogen) atoms. The second-order valence-corrected chi connectivity index (χ2v) is 8.03. The standard InChI is InChI=1S/C21H33N3O2/c1-15-13-19(16(2)24(15)18-11-7-4-8-12-18)21(26)22-14-20(25)23-17-9-5-3-6-10-17/h13,17-18H,3-12,14H2,1-2H3,(H,22,26)(H,23,25). The lowest BCUT2D eigenvalue weighted by Crippen LogP contribution is -2.42. The Balaban J connectivity index is 1.56. The lowest BCUT2D eigenvalue weighted by Gasteiger charge is -2.26. The van der Waals surface area contributed by atoms with Crippen LogP contribution in [0, 0.1) is 13.8 Å².